The molecule has 5 heteroatoms. The monoisotopic (exact) mass is 217 g/mol. The Labute approximate surface area is 91.5 Å². The smallest absolute Gasteiger partial charge is 0.336 e. The molecule has 0 amide bonds. The lowest BCUT2D eigenvalue weighted by atomic mass is 9.78. The first kappa shape index (κ1) is 9.33. The topological polar surface area (TPSA) is 78.9 Å². The molecule has 1 aliphatic rings. The van der Waals surface area contributed by atoms with E-state index in [0.717, 1.165) is 18.4 Å². The van der Waals surface area contributed by atoms with Crippen LogP contribution in [0.3, 0.4) is 0 Å². The number of H-pyrrole nitrogens is 1. The van der Waals surface area contributed by atoms with Crippen molar-refractivity contribution in [1.29, 1.82) is 0 Å². The summed E-state index contributed by atoms with van der Waals surface area (Å²) in [6.07, 6.45) is 6.51. The van der Waals surface area contributed by atoms with Crippen molar-refractivity contribution >= 4 is 17.0 Å². The number of hydrogen-bond acceptors (Lipinski definition) is 3. The van der Waals surface area contributed by atoms with E-state index in [1.807, 2.05) is 0 Å². The normalized spacial score (nSPS) is 16.2. The van der Waals surface area contributed by atoms with E-state index in [-0.39, 0.29) is 0 Å². The van der Waals surface area contributed by atoms with Crippen LogP contribution in [0.15, 0.2) is 12.4 Å². The minimum atomic E-state index is -0.893. The van der Waals surface area contributed by atoms with Crippen molar-refractivity contribution in [1.82, 2.24) is 15.2 Å². The van der Waals surface area contributed by atoms with Crippen LogP contribution in [0.1, 0.15) is 41.1 Å². The van der Waals surface area contributed by atoms with E-state index in [9.17, 15) is 9.90 Å². The summed E-state index contributed by atoms with van der Waals surface area (Å²) in [4.78, 5) is 15.5. The van der Waals surface area contributed by atoms with Gasteiger partial charge in [0.05, 0.1) is 17.1 Å². The van der Waals surface area contributed by atoms with Crippen molar-refractivity contribution in [2.75, 3.05) is 0 Å². The fourth-order valence-electron chi connectivity index (χ4n) is 2.18. The van der Waals surface area contributed by atoms with Gasteiger partial charge in [-0.2, -0.15) is 5.10 Å². The summed E-state index contributed by atoms with van der Waals surface area (Å²) in [5.41, 5.74) is 1.76. The number of aromatic carboxylic acids is 1. The molecule has 2 aromatic rings. The highest BCUT2D eigenvalue weighted by molar-refractivity contribution is 6.02. The number of aromatic amines is 1. The zero-order chi connectivity index (χ0) is 11.1. The van der Waals surface area contributed by atoms with Gasteiger partial charge < -0.3 is 5.11 Å². The largest absolute Gasteiger partial charge is 0.478 e. The highest BCUT2D eigenvalue weighted by Crippen LogP contribution is 2.39. The molecule has 82 valence electrons. The molecular formula is C11H11N3O2. The lowest BCUT2D eigenvalue weighted by Gasteiger charge is -2.26. The second-order valence-electron chi connectivity index (χ2n) is 4.15. The molecule has 0 spiro atoms. The van der Waals surface area contributed by atoms with Gasteiger partial charge in [-0.05, 0) is 24.3 Å². The third kappa shape index (κ3) is 1.21. The molecule has 2 heterocycles. The number of pyridine rings is 1. The van der Waals surface area contributed by atoms with Crippen LogP contribution in [0, 0.1) is 0 Å². The zero-order valence-electron chi connectivity index (χ0n) is 8.60. The Morgan fingerprint density at radius 3 is 2.88 bits per heavy atom. The summed E-state index contributed by atoms with van der Waals surface area (Å²) < 4.78 is 0. The van der Waals surface area contributed by atoms with E-state index in [0.29, 0.717) is 22.5 Å². The zero-order valence-corrected chi connectivity index (χ0v) is 8.60. The molecule has 1 saturated carbocycles. The number of carboxylic acid groups (broad SMARTS) is 1. The average Bonchev–Trinajstić information content (AvgIpc) is 2.61. The molecule has 2 N–H and O–H groups in total. The first-order valence-corrected chi connectivity index (χ1v) is 5.32. The quantitative estimate of drug-likeness (QED) is 0.805. The standard InChI is InChI=1S/C11H11N3O2/c15-11(16)9-7(6-2-1-3-6)4-12-10-8(9)5-13-14-10/h4-6H,1-3H2,(H,15,16)(H,12,13,14). The summed E-state index contributed by atoms with van der Waals surface area (Å²) in [7, 11) is 0. The fourth-order valence-corrected chi connectivity index (χ4v) is 2.18. The lowest BCUT2D eigenvalue weighted by molar-refractivity contribution is 0.0696. The van der Waals surface area contributed by atoms with Crippen LogP contribution in [-0.2, 0) is 0 Å². The van der Waals surface area contributed by atoms with Gasteiger partial charge in [0, 0.05) is 6.20 Å². The van der Waals surface area contributed by atoms with Gasteiger partial charge in [0.1, 0.15) is 0 Å². The van der Waals surface area contributed by atoms with Gasteiger partial charge in [0.2, 0.25) is 0 Å². The van der Waals surface area contributed by atoms with Crippen LogP contribution in [0.5, 0.6) is 0 Å². The van der Waals surface area contributed by atoms with Crippen molar-refractivity contribution < 1.29 is 9.90 Å². The van der Waals surface area contributed by atoms with Crippen molar-refractivity contribution in [3.8, 4) is 0 Å². The second kappa shape index (κ2) is 3.30. The number of hydrogen-bond donors (Lipinski definition) is 2. The van der Waals surface area contributed by atoms with E-state index in [1.54, 1.807) is 6.20 Å². The van der Waals surface area contributed by atoms with Gasteiger partial charge in [-0.1, -0.05) is 6.42 Å². The Hall–Kier alpha value is -1.91. The Morgan fingerprint density at radius 2 is 2.25 bits per heavy atom. The van der Waals surface area contributed by atoms with Gasteiger partial charge in [0.25, 0.3) is 0 Å². The van der Waals surface area contributed by atoms with E-state index >= 15 is 0 Å². The molecule has 2 aromatic heterocycles. The fraction of sp³-hybridized carbons (Fsp3) is 0.364. The predicted octanol–water partition coefficient (Wildman–Crippen LogP) is 1.92. The van der Waals surface area contributed by atoms with Gasteiger partial charge in [-0.15, -0.1) is 0 Å². The third-order valence-electron chi connectivity index (χ3n) is 3.27. The Bertz CT molecular complexity index is 557. The van der Waals surface area contributed by atoms with Crippen molar-refractivity contribution in [2.24, 2.45) is 0 Å². The van der Waals surface area contributed by atoms with Crippen molar-refractivity contribution in [2.45, 2.75) is 25.2 Å². The number of nitrogens with zero attached hydrogens (tertiary/aromatic N) is 2. The minimum absolute atomic E-state index is 0.359. The number of rotatable bonds is 2. The lowest BCUT2D eigenvalue weighted by Crippen LogP contribution is -2.14. The predicted molar refractivity (Wildman–Crippen MR) is 57.4 cm³/mol. The van der Waals surface area contributed by atoms with Gasteiger partial charge in [-0.25, -0.2) is 9.78 Å². The van der Waals surface area contributed by atoms with E-state index in [4.69, 9.17) is 0 Å². The molecule has 0 saturated heterocycles. The molecule has 5 nitrogen and oxygen atoms in total. The first-order valence-electron chi connectivity index (χ1n) is 5.32. The summed E-state index contributed by atoms with van der Waals surface area (Å²) >= 11 is 0. The van der Waals surface area contributed by atoms with Gasteiger partial charge in [0.15, 0.2) is 5.65 Å². The summed E-state index contributed by atoms with van der Waals surface area (Å²) in [5, 5.41) is 16.4. The number of aromatic nitrogens is 3. The first-order chi connectivity index (χ1) is 7.77. The summed E-state index contributed by atoms with van der Waals surface area (Å²) in [6, 6.07) is 0. The Morgan fingerprint density at radius 1 is 1.44 bits per heavy atom. The van der Waals surface area contributed by atoms with Crippen LogP contribution in [0.25, 0.3) is 11.0 Å². The number of fused-ring (bicyclic) bond motifs is 1. The Balaban J connectivity index is 2.25. The molecule has 0 bridgehead atoms. The van der Waals surface area contributed by atoms with Crippen LogP contribution in [-0.4, -0.2) is 26.3 Å². The number of carboxylic acids is 1. The van der Waals surface area contributed by atoms with Gasteiger partial charge in [-0.3, -0.25) is 5.10 Å². The van der Waals surface area contributed by atoms with E-state index in [2.05, 4.69) is 15.2 Å². The van der Waals surface area contributed by atoms with Crippen LogP contribution in [0.4, 0.5) is 0 Å². The molecular weight excluding hydrogens is 206 g/mol. The van der Waals surface area contributed by atoms with Crippen LogP contribution >= 0.6 is 0 Å². The molecule has 3 rings (SSSR count). The molecule has 1 fully saturated rings. The van der Waals surface area contributed by atoms with Crippen molar-refractivity contribution in [3.05, 3.63) is 23.5 Å². The highest BCUT2D eigenvalue weighted by atomic mass is 16.4. The molecule has 0 aliphatic heterocycles. The average molecular weight is 217 g/mol. The molecule has 0 unspecified atom stereocenters. The second-order valence-corrected chi connectivity index (χ2v) is 4.15. The van der Waals surface area contributed by atoms with Crippen LogP contribution < -0.4 is 0 Å². The highest BCUT2D eigenvalue weighted by Gasteiger charge is 2.26. The Kier molecular flexibility index (Phi) is 1.92. The summed E-state index contributed by atoms with van der Waals surface area (Å²) in [5.74, 6) is -0.534. The maximum Gasteiger partial charge on any atom is 0.336 e. The number of carbonyl (C=O) groups is 1. The van der Waals surface area contributed by atoms with Crippen molar-refractivity contribution in [3.63, 3.8) is 0 Å². The minimum Gasteiger partial charge on any atom is -0.478 e. The maximum atomic E-state index is 11.3. The van der Waals surface area contributed by atoms with Gasteiger partial charge >= 0.3 is 5.97 Å². The van der Waals surface area contributed by atoms with E-state index in [1.165, 1.54) is 12.6 Å². The molecule has 0 aromatic carbocycles. The third-order valence-corrected chi connectivity index (χ3v) is 3.27. The number of nitrogens with one attached hydrogen (secondary N) is 1. The maximum absolute atomic E-state index is 11.3. The molecule has 0 atom stereocenters. The summed E-state index contributed by atoms with van der Waals surface area (Å²) in [6.45, 7) is 0. The molecule has 16 heavy (non-hydrogen) atoms. The van der Waals surface area contributed by atoms with Crippen LogP contribution in [0.2, 0.25) is 0 Å². The molecule has 1 aliphatic carbocycles. The van der Waals surface area contributed by atoms with E-state index < -0.39 is 5.97 Å². The SMILES string of the molecule is O=C(O)c1c(C2CCC2)cnc2[nH]ncc12. The molecule has 0 radical (unpaired) electrons.